The first-order valence-electron chi connectivity index (χ1n) is 4.17. The molecule has 0 spiro atoms. The number of hydrogen-bond donors (Lipinski definition) is 2. The van der Waals surface area contributed by atoms with Gasteiger partial charge >= 0.3 is 0 Å². The molecule has 0 bridgehead atoms. The molecule has 0 saturated heterocycles. The van der Waals surface area contributed by atoms with E-state index in [0.717, 1.165) is 12.8 Å². The van der Waals surface area contributed by atoms with E-state index in [2.05, 4.69) is 21.2 Å². The molecule has 0 aromatic carbocycles. The minimum Gasteiger partial charge on any atom is -0.393 e. The number of aliphatic hydroxyl groups is 1. The van der Waals surface area contributed by atoms with Crippen molar-refractivity contribution in [1.82, 2.24) is 5.32 Å². The van der Waals surface area contributed by atoms with E-state index in [1.165, 1.54) is 0 Å². The van der Waals surface area contributed by atoms with E-state index in [4.69, 9.17) is 5.11 Å². The van der Waals surface area contributed by atoms with E-state index in [0.29, 0.717) is 18.3 Å². The molecule has 0 aromatic rings. The van der Waals surface area contributed by atoms with Crippen molar-refractivity contribution < 1.29 is 9.90 Å². The number of aliphatic hydroxyl groups excluding tert-OH is 1. The number of hydrogen-bond acceptors (Lipinski definition) is 2. The second-order valence-electron chi connectivity index (χ2n) is 2.78. The van der Waals surface area contributed by atoms with E-state index in [1.54, 1.807) is 6.92 Å². The summed E-state index contributed by atoms with van der Waals surface area (Å²) in [7, 11) is 0. The Balaban J connectivity index is 3.14. The van der Waals surface area contributed by atoms with E-state index < -0.39 is 0 Å². The smallest absolute Gasteiger partial charge is 0.220 e. The normalized spacial score (nSPS) is 12.6. The van der Waals surface area contributed by atoms with Gasteiger partial charge in [0.1, 0.15) is 0 Å². The van der Waals surface area contributed by atoms with Crippen LogP contribution in [0.1, 0.15) is 26.2 Å². The highest BCUT2D eigenvalue weighted by Gasteiger charge is 1.99. The molecule has 2 N–H and O–H groups in total. The van der Waals surface area contributed by atoms with Gasteiger partial charge in [0.05, 0.1) is 6.10 Å². The zero-order chi connectivity index (χ0) is 9.40. The SMILES string of the molecule is CC(O)CCCNC(=O)CCBr. The van der Waals surface area contributed by atoms with Gasteiger partial charge in [0.2, 0.25) is 5.91 Å². The van der Waals surface area contributed by atoms with E-state index in [-0.39, 0.29) is 12.0 Å². The van der Waals surface area contributed by atoms with E-state index in [1.807, 2.05) is 0 Å². The van der Waals surface area contributed by atoms with Gasteiger partial charge in [-0.15, -0.1) is 0 Å². The van der Waals surface area contributed by atoms with Crippen LogP contribution in [-0.2, 0) is 4.79 Å². The van der Waals surface area contributed by atoms with Gasteiger partial charge in [0.15, 0.2) is 0 Å². The molecular weight excluding hydrogens is 222 g/mol. The van der Waals surface area contributed by atoms with Crippen molar-refractivity contribution in [3.8, 4) is 0 Å². The molecule has 0 radical (unpaired) electrons. The average Bonchev–Trinajstić information content (AvgIpc) is 1.98. The van der Waals surface area contributed by atoms with Gasteiger partial charge in [-0.1, -0.05) is 15.9 Å². The highest BCUT2D eigenvalue weighted by molar-refractivity contribution is 9.09. The van der Waals surface area contributed by atoms with Crippen LogP contribution in [0.15, 0.2) is 0 Å². The molecule has 0 aliphatic rings. The number of rotatable bonds is 6. The van der Waals surface area contributed by atoms with Gasteiger partial charge in [-0.25, -0.2) is 0 Å². The maximum absolute atomic E-state index is 10.9. The second-order valence-corrected chi connectivity index (χ2v) is 3.57. The third-order valence-corrected chi connectivity index (χ3v) is 1.84. The highest BCUT2D eigenvalue weighted by Crippen LogP contribution is 1.94. The lowest BCUT2D eigenvalue weighted by atomic mass is 10.2. The Morgan fingerprint density at radius 1 is 1.67 bits per heavy atom. The van der Waals surface area contributed by atoms with Crippen LogP contribution in [0, 0.1) is 0 Å². The fourth-order valence-electron chi connectivity index (χ4n) is 0.799. The van der Waals surface area contributed by atoms with Crippen LogP contribution in [0.5, 0.6) is 0 Å². The molecule has 3 nitrogen and oxygen atoms in total. The molecule has 0 aliphatic heterocycles. The molecular formula is C8H16BrNO2. The zero-order valence-corrected chi connectivity index (χ0v) is 8.93. The first kappa shape index (κ1) is 11.9. The highest BCUT2D eigenvalue weighted by atomic mass is 79.9. The molecule has 4 heteroatoms. The van der Waals surface area contributed by atoms with Gasteiger partial charge in [0, 0.05) is 18.3 Å². The number of carbonyl (C=O) groups excluding carboxylic acids is 1. The summed E-state index contributed by atoms with van der Waals surface area (Å²) in [6, 6.07) is 0. The van der Waals surface area contributed by atoms with Crippen LogP contribution in [0.4, 0.5) is 0 Å². The molecule has 0 aromatic heterocycles. The largest absolute Gasteiger partial charge is 0.393 e. The Morgan fingerprint density at radius 3 is 2.83 bits per heavy atom. The molecule has 1 amide bonds. The monoisotopic (exact) mass is 237 g/mol. The molecule has 0 rings (SSSR count). The number of nitrogens with one attached hydrogen (secondary N) is 1. The maximum atomic E-state index is 10.9. The summed E-state index contributed by atoms with van der Waals surface area (Å²) in [5.74, 6) is 0.0671. The molecule has 0 fully saturated rings. The summed E-state index contributed by atoms with van der Waals surface area (Å²) in [6.07, 6.45) is 1.84. The Hall–Kier alpha value is -0.0900. The summed E-state index contributed by atoms with van der Waals surface area (Å²) < 4.78 is 0. The molecule has 12 heavy (non-hydrogen) atoms. The number of carbonyl (C=O) groups is 1. The quantitative estimate of drug-likeness (QED) is 0.536. The first-order valence-corrected chi connectivity index (χ1v) is 5.29. The Morgan fingerprint density at radius 2 is 2.33 bits per heavy atom. The number of amides is 1. The predicted molar refractivity (Wildman–Crippen MR) is 52.3 cm³/mol. The topological polar surface area (TPSA) is 49.3 Å². The minimum atomic E-state index is -0.266. The number of halogens is 1. The van der Waals surface area contributed by atoms with Crippen LogP contribution in [0.25, 0.3) is 0 Å². The number of alkyl halides is 1. The van der Waals surface area contributed by atoms with Crippen LogP contribution >= 0.6 is 15.9 Å². The molecule has 1 unspecified atom stereocenters. The van der Waals surface area contributed by atoms with Crippen LogP contribution in [0.2, 0.25) is 0 Å². The summed E-state index contributed by atoms with van der Waals surface area (Å²) in [4.78, 5) is 10.9. The standard InChI is InChI=1S/C8H16BrNO2/c1-7(11)3-2-6-10-8(12)4-5-9/h7,11H,2-6H2,1H3,(H,10,12). The first-order chi connectivity index (χ1) is 5.66. The van der Waals surface area contributed by atoms with Crippen molar-refractivity contribution >= 4 is 21.8 Å². The average molecular weight is 238 g/mol. The third-order valence-electron chi connectivity index (χ3n) is 1.44. The maximum Gasteiger partial charge on any atom is 0.220 e. The lowest BCUT2D eigenvalue weighted by Crippen LogP contribution is -2.24. The van der Waals surface area contributed by atoms with E-state index >= 15 is 0 Å². The Kier molecular flexibility index (Phi) is 7.50. The lowest BCUT2D eigenvalue weighted by Gasteiger charge is -2.05. The Labute approximate surface area is 81.7 Å². The lowest BCUT2D eigenvalue weighted by molar-refractivity contribution is -0.120. The van der Waals surface area contributed by atoms with Crippen molar-refractivity contribution in [2.75, 3.05) is 11.9 Å². The fourth-order valence-corrected chi connectivity index (χ4v) is 1.16. The molecule has 0 aliphatic carbocycles. The van der Waals surface area contributed by atoms with Crippen molar-refractivity contribution in [2.24, 2.45) is 0 Å². The molecule has 0 saturated carbocycles. The van der Waals surface area contributed by atoms with Gasteiger partial charge in [-0.3, -0.25) is 4.79 Å². The molecule has 0 heterocycles. The van der Waals surface area contributed by atoms with Crippen molar-refractivity contribution in [1.29, 1.82) is 0 Å². The van der Waals surface area contributed by atoms with Gasteiger partial charge in [0.25, 0.3) is 0 Å². The summed E-state index contributed by atoms with van der Waals surface area (Å²) in [6.45, 7) is 2.41. The van der Waals surface area contributed by atoms with Crippen LogP contribution in [0.3, 0.4) is 0 Å². The van der Waals surface area contributed by atoms with Crippen LogP contribution in [-0.4, -0.2) is 29.0 Å². The van der Waals surface area contributed by atoms with Crippen molar-refractivity contribution in [2.45, 2.75) is 32.3 Å². The van der Waals surface area contributed by atoms with Crippen molar-refractivity contribution in [3.63, 3.8) is 0 Å². The van der Waals surface area contributed by atoms with Gasteiger partial charge in [-0.05, 0) is 19.8 Å². The van der Waals surface area contributed by atoms with Gasteiger partial charge in [-0.2, -0.15) is 0 Å². The second kappa shape index (κ2) is 7.55. The summed E-state index contributed by atoms with van der Waals surface area (Å²) in [5.41, 5.74) is 0. The van der Waals surface area contributed by atoms with Crippen LogP contribution < -0.4 is 5.32 Å². The summed E-state index contributed by atoms with van der Waals surface area (Å²) >= 11 is 3.18. The minimum absolute atomic E-state index is 0.0671. The molecule has 72 valence electrons. The van der Waals surface area contributed by atoms with Crippen molar-refractivity contribution in [3.05, 3.63) is 0 Å². The predicted octanol–water partition coefficient (Wildman–Crippen LogP) is 1.05. The molecule has 1 atom stereocenters. The Bertz CT molecular complexity index is 128. The zero-order valence-electron chi connectivity index (χ0n) is 7.35. The van der Waals surface area contributed by atoms with Gasteiger partial charge < -0.3 is 10.4 Å². The fraction of sp³-hybridized carbons (Fsp3) is 0.875. The van der Waals surface area contributed by atoms with E-state index in [9.17, 15) is 4.79 Å². The summed E-state index contributed by atoms with van der Waals surface area (Å²) in [5, 5.41) is 12.4. The third kappa shape index (κ3) is 8.01.